The lowest BCUT2D eigenvalue weighted by atomic mass is 10.1. The lowest BCUT2D eigenvalue weighted by molar-refractivity contribution is -0.112. The molecule has 130 valence electrons. The molecule has 5 nitrogen and oxygen atoms in total. The Labute approximate surface area is 152 Å². The highest BCUT2D eigenvalue weighted by molar-refractivity contribution is 6.07. The lowest BCUT2D eigenvalue weighted by Gasteiger charge is -2.20. The van der Waals surface area contributed by atoms with Crippen LogP contribution < -0.4 is 10.2 Å². The Morgan fingerprint density at radius 2 is 1.88 bits per heavy atom. The zero-order chi connectivity index (χ0) is 18.7. The molecule has 0 aromatic heterocycles. The first-order chi connectivity index (χ1) is 12.5. The van der Waals surface area contributed by atoms with Crippen LogP contribution in [0.25, 0.3) is 0 Å². The number of rotatable bonds is 4. The molecule has 1 aliphatic rings. The van der Waals surface area contributed by atoms with E-state index < -0.39 is 5.91 Å². The minimum absolute atomic E-state index is 0.0317. The number of nitrogens with one attached hydrogen (secondary N) is 1. The largest absolute Gasteiger partial charge is 0.343 e. The van der Waals surface area contributed by atoms with E-state index in [2.05, 4.69) is 18.3 Å². The molecule has 0 radical (unpaired) electrons. The molecule has 0 saturated carbocycles. The Kier molecular flexibility index (Phi) is 4.85. The van der Waals surface area contributed by atoms with Crippen molar-refractivity contribution in [1.82, 2.24) is 0 Å². The topological polar surface area (TPSA) is 73.2 Å². The number of ketones is 1. The normalized spacial score (nSPS) is 16.0. The zero-order valence-electron chi connectivity index (χ0n) is 14.7. The van der Waals surface area contributed by atoms with Crippen molar-refractivity contribution >= 4 is 23.1 Å². The molecule has 0 fully saturated rings. The quantitative estimate of drug-likeness (QED) is 0.521. The van der Waals surface area contributed by atoms with Crippen molar-refractivity contribution in [2.75, 3.05) is 10.2 Å². The first kappa shape index (κ1) is 17.4. The molecule has 0 saturated heterocycles. The van der Waals surface area contributed by atoms with Crippen molar-refractivity contribution in [3.8, 4) is 6.07 Å². The fourth-order valence-electron chi connectivity index (χ4n) is 3.05. The molecule has 0 aliphatic carbocycles. The van der Waals surface area contributed by atoms with E-state index in [1.54, 1.807) is 30.5 Å². The smallest absolute Gasteiger partial charge is 0.267 e. The van der Waals surface area contributed by atoms with Crippen molar-refractivity contribution in [2.24, 2.45) is 0 Å². The summed E-state index contributed by atoms with van der Waals surface area (Å²) in [6.45, 7) is 3.54. The second-order valence-electron chi connectivity index (χ2n) is 6.33. The van der Waals surface area contributed by atoms with E-state index in [1.165, 1.54) is 12.5 Å². The number of hydrogen-bond acceptors (Lipinski definition) is 4. The number of carbonyl (C=O) groups excluding carboxylic acids is 2. The second kappa shape index (κ2) is 7.24. The number of Topliss-reactive ketones (excluding diaryl/α,β-unsaturated/α-hetero) is 1. The van der Waals surface area contributed by atoms with E-state index in [9.17, 15) is 14.9 Å². The van der Waals surface area contributed by atoms with Gasteiger partial charge in [0.05, 0.1) is 0 Å². The van der Waals surface area contributed by atoms with Gasteiger partial charge in [0.1, 0.15) is 11.6 Å². The molecule has 5 heteroatoms. The Morgan fingerprint density at radius 1 is 1.19 bits per heavy atom. The van der Waals surface area contributed by atoms with Crippen molar-refractivity contribution in [3.05, 3.63) is 71.4 Å². The molecule has 1 N–H and O–H groups in total. The third-order valence-corrected chi connectivity index (χ3v) is 4.44. The minimum atomic E-state index is -0.473. The van der Waals surface area contributed by atoms with Gasteiger partial charge in [-0.15, -0.1) is 0 Å². The summed E-state index contributed by atoms with van der Waals surface area (Å²) in [6.07, 6.45) is 2.48. The first-order valence-electron chi connectivity index (χ1n) is 8.40. The molecule has 1 heterocycles. The van der Waals surface area contributed by atoms with Gasteiger partial charge >= 0.3 is 0 Å². The molecule has 0 bridgehead atoms. The van der Waals surface area contributed by atoms with Crippen LogP contribution in [0.3, 0.4) is 0 Å². The third kappa shape index (κ3) is 3.50. The van der Waals surface area contributed by atoms with Gasteiger partial charge in [-0.3, -0.25) is 9.59 Å². The van der Waals surface area contributed by atoms with Crippen LogP contribution in [-0.2, 0) is 11.2 Å². The van der Waals surface area contributed by atoms with Gasteiger partial charge in [0.25, 0.3) is 5.91 Å². The second-order valence-corrected chi connectivity index (χ2v) is 6.33. The summed E-state index contributed by atoms with van der Waals surface area (Å²) in [7, 11) is 0. The summed E-state index contributed by atoms with van der Waals surface area (Å²) in [5, 5.41) is 12.1. The summed E-state index contributed by atoms with van der Waals surface area (Å²) in [6, 6.07) is 16.7. The van der Waals surface area contributed by atoms with Crippen LogP contribution in [0.15, 0.2) is 60.3 Å². The predicted molar refractivity (Wildman–Crippen MR) is 101 cm³/mol. The monoisotopic (exact) mass is 345 g/mol. The summed E-state index contributed by atoms with van der Waals surface area (Å²) < 4.78 is 0. The fraction of sp³-hybridized carbons (Fsp3) is 0.190. The van der Waals surface area contributed by atoms with Crippen LogP contribution in [0, 0.1) is 11.3 Å². The SMILES string of the molecule is CC(=O)c1ccc(NC(=O)/C(C#N)=C\N2c3ccccc3CC2C)cc1. The number of carbonyl (C=O) groups is 2. The van der Waals surface area contributed by atoms with E-state index in [0.717, 1.165) is 12.1 Å². The van der Waals surface area contributed by atoms with Gasteiger partial charge in [0, 0.05) is 29.2 Å². The van der Waals surface area contributed by atoms with E-state index in [1.807, 2.05) is 29.2 Å². The first-order valence-corrected chi connectivity index (χ1v) is 8.40. The number of nitriles is 1. The van der Waals surface area contributed by atoms with Crippen LogP contribution >= 0.6 is 0 Å². The molecule has 1 atom stereocenters. The van der Waals surface area contributed by atoms with Gasteiger partial charge in [0.15, 0.2) is 5.78 Å². The van der Waals surface area contributed by atoms with Crippen molar-refractivity contribution in [2.45, 2.75) is 26.3 Å². The molecule has 0 spiro atoms. The van der Waals surface area contributed by atoms with Crippen LogP contribution in [0.5, 0.6) is 0 Å². The number of nitrogens with zero attached hydrogens (tertiary/aromatic N) is 2. The zero-order valence-corrected chi connectivity index (χ0v) is 14.7. The molecule has 1 amide bonds. The van der Waals surface area contributed by atoms with Crippen molar-refractivity contribution in [1.29, 1.82) is 5.26 Å². The Balaban J connectivity index is 1.80. The molecule has 1 unspecified atom stereocenters. The number of para-hydroxylation sites is 1. The molecule has 3 rings (SSSR count). The molecule has 1 aliphatic heterocycles. The molecule has 2 aromatic rings. The third-order valence-electron chi connectivity index (χ3n) is 4.44. The molecule has 2 aromatic carbocycles. The highest BCUT2D eigenvalue weighted by atomic mass is 16.1. The minimum Gasteiger partial charge on any atom is -0.343 e. The average molecular weight is 345 g/mol. The molecular weight excluding hydrogens is 326 g/mol. The fourth-order valence-corrected chi connectivity index (χ4v) is 3.05. The van der Waals surface area contributed by atoms with Gasteiger partial charge in [-0.2, -0.15) is 5.26 Å². The Morgan fingerprint density at radius 3 is 2.54 bits per heavy atom. The summed E-state index contributed by atoms with van der Waals surface area (Å²) in [4.78, 5) is 25.8. The maximum Gasteiger partial charge on any atom is 0.267 e. The van der Waals surface area contributed by atoms with E-state index in [4.69, 9.17) is 0 Å². The lowest BCUT2D eigenvalue weighted by Crippen LogP contribution is -2.25. The highest BCUT2D eigenvalue weighted by Crippen LogP contribution is 2.32. The number of anilines is 2. The van der Waals surface area contributed by atoms with Gasteiger partial charge in [-0.25, -0.2) is 0 Å². The van der Waals surface area contributed by atoms with Crippen LogP contribution in [0.2, 0.25) is 0 Å². The Bertz CT molecular complexity index is 923. The van der Waals surface area contributed by atoms with Crippen LogP contribution in [0.1, 0.15) is 29.8 Å². The number of amides is 1. The number of fused-ring (bicyclic) bond motifs is 1. The standard InChI is InChI=1S/C21H19N3O2/c1-14-11-17-5-3-4-6-20(17)24(14)13-18(12-22)21(26)23-19-9-7-16(8-10-19)15(2)25/h3-10,13-14H,11H2,1-2H3,(H,23,26)/b18-13-. The highest BCUT2D eigenvalue weighted by Gasteiger charge is 2.25. The summed E-state index contributed by atoms with van der Waals surface area (Å²) in [5.74, 6) is -0.512. The molecule has 26 heavy (non-hydrogen) atoms. The van der Waals surface area contributed by atoms with Gasteiger partial charge in [0.2, 0.25) is 0 Å². The number of benzene rings is 2. The van der Waals surface area contributed by atoms with Gasteiger partial charge in [-0.1, -0.05) is 18.2 Å². The summed E-state index contributed by atoms with van der Waals surface area (Å²) in [5.41, 5.74) is 3.36. The van der Waals surface area contributed by atoms with Crippen LogP contribution in [-0.4, -0.2) is 17.7 Å². The summed E-state index contributed by atoms with van der Waals surface area (Å²) >= 11 is 0. The van der Waals surface area contributed by atoms with Crippen LogP contribution in [0.4, 0.5) is 11.4 Å². The van der Waals surface area contributed by atoms with Crippen molar-refractivity contribution < 1.29 is 9.59 Å². The number of hydrogen-bond donors (Lipinski definition) is 1. The maximum absolute atomic E-state index is 12.5. The van der Waals surface area contributed by atoms with Gasteiger partial charge in [-0.05, 0) is 56.2 Å². The van der Waals surface area contributed by atoms with E-state index in [0.29, 0.717) is 11.3 Å². The molecular formula is C21H19N3O2. The van der Waals surface area contributed by atoms with Crippen molar-refractivity contribution in [3.63, 3.8) is 0 Å². The van der Waals surface area contributed by atoms with E-state index >= 15 is 0 Å². The predicted octanol–water partition coefficient (Wildman–Crippen LogP) is 3.69. The maximum atomic E-state index is 12.5. The van der Waals surface area contributed by atoms with Gasteiger partial charge < -0.3 is 10.2 Å². The Hall–Kier alpha value is -3.39. The average Bonchev–Trinajstić information content (AvgIpc) is 2.95. The van der Waals surface area contributed by atoms with E-state index in [-0.39, 0.29) is 17.4 Å².